The third kappa shape index (κ3) is 2.40. The van der Waals surface area contributed by atoms with Crippen LogP contribution in [0, 0.1) is 5.41 Å². The van der Waals surface area contributed by atoms with Crippen LogP contribution in [0.1, 0.15) is 33.5 Å². The lowest BCUT2D eigenvalue weighted by Gasteiger charge is -2.17. The van der Waals surface area contributed by atoms with Gasteiger partial charge in [-0.05, 0) is 18.4 Å². The second kappa shape index (κ2) is 4.02. The van der Waals surface area contributed by atoms with Gasteiger partial charge in [-0.3, -0.25) is 0 Å². The molecule has 0 aromatic carbocycles. The quantitative estimate of drug-likeness (QED) is 0.866. The van der Waals surface area contributed by atoms with Gasteiger partial charge in [0.2, 0.25) is 0 Å². The van der Waals surface area contributed by atoms with Crippen molar-refractivity contribution in [3.8, 4) is 0 Å². The van der Waals surface area contributed by atoms with Gasteiger partial charge in [0.25, 0.3) is 0 Å². The minimum atomic E-state index is 0.222. The minimum absolute atomic E-state index is 0.222. The number of aryl methyl sites for hydroxylation is 1. The van der Waals surface area contributed by atoms with Crippen molar-refractivity contribution < 1.29 is 0 Å². The van der Waals surface area contributed by atoms with Crippen molar-refractivity contribution in [3.05, 3.63) is 18.1 Å². The molecule has 4 heteroatoms. The molecule has 2 aromatic heterocycles. The zero-order chi connectivity index (χ0) is 12.6. The first kappa shape index (κ1) is 11.9. The monoisotopic (exact) mass is 232 g/mol. The Hall–Kier alpha value is -1.58. The molecule has 0 fully saturated rings. The highest BCUT2D eigenvalue weighted by atomic mass is 15.1. The van der Waals surface area contributed by atoms with E-state index in [-0.39, 0.29) is 5.41 Å². The number of pyridine rings is 1. The van der Waals surface area contributed by atoms with Crippen molar-refractivity contribution in [2.24, 2.45) is 5.41 Å². The second-order valence-corrected chi connectivity index (χ2v) is 5.62. The predicted octanol–water partition coefficient (Wildman–Crippen LogP) is 2.62. The summed E-state index contributed by atoms with van der Waals surface area (Å²) in [6.07, 6.45) is 2.63. The molecule has 92 valence electrons. The van der Waals surface area contributed by atoms with Gasteiger partial charge in [0, 0.05) is 13.0 Å². The molecule has 0 atom stereocenters. The number of fused-ring (bicyclic) bond motifs is 1. The third-order valence-electron chi connectivity index (χ3n) is 2.69. The number of aromatic nitrogens is 3. The molecule has 0 unspecified atom stereocenters. The van der Waals surface area contributed by atoms with E-state index in [2.05, 4.69) is 42.2 Å². The highest BCUT2D eigenvalue weighted by Gasteiger charge is 2.18. The van der Waals surface area contributed by atoms with E-state index in [4.69, 9.17) is 5.73 Å². The molecule has 0 radical (unpaired) electrons. The molecule has 2 aromatic rings. The van der Waals surface area contributed by atoms with Crippen LogP contribution in [-0.2, 0) is 13.0 Å². The summed E-state index contributed by atoms with van der Waals surface area (Å²) in [5.74, 6) is 1.09. The van der Waals surface area contributed by atoms with Crippen molar-refractivity contribution in [2.45, 2.75) is 40.7 Å². The summed E-state index contributed by atoms with van der Waals surface area (Å²) in [5.41, 5.74) is 8.46. The molecule has 0 aliphatic heterocycles. The Kier molecular flexibility index (Phi) is 2.81. The summed E-state index contributed by atoms with van der Waals surface area (Å²) in [4.78, 5) is 9.03. The molecule has 0 aliphatic rings. The van der Waals surface area contributed by atoms with Crippen molar-refractivity contribution >= 4 is 16.9 Å². The number of anilines is 1. The zero-order valence-electron chi connectivity index (χ0n) is 11.0. The van der Waals surface area contributed by atoms with Crippen LogP contribution in [-0.4, -0.2) is 14.5 Å². The van der Waals surface area contributed by atoms with Gasteiger partial charge in [-0.1, -0.05) is 20.8 Å². The average Bonchev–Trinajstić information content (AvgIpc) is 2.51. The summed E-state index contributed by atoms with van der Waals surface area (Å²) in [5, 5.41) is 0. The Labute approximate surface area is 102 Å². The smallest absolute Gasteiger partial charge is 0.160 e. The summed E-state index contributed by atoms with van der Waals surface area (Å²) >= 11 is 0. The molecule has 0 aliphatic carbocycles. The van der Waals surface area contributed by atoms with E-state index >= 15 is 0 Å². The molecule has 2 heterocycles. The van der Waals surface area contributed by atoms with Crippen molar-refractivity contribution in [1.82, 2.24) is 14.5 Å². The van der Waals surface area contributed by atoms with Crippen LogP contribution in [0.25, 0.3) is 11.2 Å². The maximum Gasteiger partial charge on any atom is 0.160 e. The van der Waals surface area contributed by atoms with E-state index in [1.807, 2.05) is 6.07 Å². The highest BCUT2D eigenvalue weighted by Crippen LogP contribution is 2.23. The van der Waals surface area contributed by atoms with Crippen LogP contribution in [0.2, 0.25) is 0 Å². The molecule has 0 bridgehead atoms. The number of nitrogens with two attached hydrogens (primary N) is 1. The number of hydrogen-bond acceptors (Lipinski definition) is 3. The zero-order valence-corrected chi connectivity index (χ0v) is 11.0. The van der Waals surface area contributed by atoms with Crippen LogP contribution in [0.3, 0.4) is 0 Å². The van der Waals surface area contributed by atoms with Crippen LogP contribution in [0.15, 0.2) is 12.3 Å². The molecule has 0 amide bonds. The van der Waals surface area contributed by atoms with Crippen LogP contribution in [0.4, 0.5) is 5.69 Å². The third-order valence-corrected chi connectivity index (χ3v) is 2.69. The first-order chi connectivity index (χ1) is 7.90. The van der Waals surface area contributed by atoms with E-state index in [0.29, 0.717) is 5.69 Å². The highest BCUT2D eigenvalue weighted by molar-refractivity contribution is 5.75. The first-order valence-electron chi connectivity index (χ1n) is 6.01. The molecular weight excluding hydrogens is 212 g/mol. The maximum absolute atomic E-state index is 5.74. The Balaban J connectivity index is 2.55. The number of nitrogens with zero attached hydrogens (tertiary/aromatic N) is 3. The fourth-order valence-corrected chi connectivity index (χ4v) is 2.01. The lowest BCUT2D eigenvalue weighted by Crippen LogP contribution is -2.14. The molecule has 17 heavy (non-hydrogen) atoms. The predicted molar refractivity (Wildman–Crippen MR) is 70.8 cm³/mol. The van der Waals surface area contributed by atoms with Gasteiger partial charge in [-0.15, -0.1) is 0 Å². The van der Waals surface area contributed by atoms with Gasteiger partial charge in [-0.2, -0.15) is 0 Å². The molecule has 0 saturated heterocycles. The lowest BCUT2D eigenvalue weighted by atomic mass is 9.92. The van der Waals surface area contributed by atoms with E-state index in [1.165, 1.54) is 0 Å². The van der Waals surface area contributed by atoms with Gasteiger partial charge in [0.1, 0.15) is 11.3 Å². The number of hydrogen-bond donors (Lipinski definition) is 1. The molecular formula is C13H20N4. The van der Waals surface area contributed by atoms with Crippen LogP contribution >= 0.6 is 0 Å². The lowest BCUT2D eigenvalue weighted by molar-refractivity contribution is 0.394. The Morgan fingerprint density at radius 1 is 1.35 bits per heavy atom. The topological polar surface area (TPSA) is 56.7 Å². The Morgan fingerprint density at radius 2 is 2.06 bits per heavy atom. The van der Waals surface area contributed by atoms with E-state index in [0.717, 1.165) is 30.0 Å². The van der Waals surface area contributed by atoms with Crippen LogP contribution in [0.5, 0.6) is 0 Å². The number of nitrogen functional groups attached to an aromatic ring is 1. The van der Waals surface area contributed by atoms with Gasteiger partial charge in [-0.25, -0.2) is 9.97 Å². The van der Waals surface area contributed by atoms with Crippen LogP contribution < -0.4 is 5.73 Å². The summed E-state index contributed by atoms with van der Waals surface area (Å²) in [6, 6.07) is 1.89. The summed E-state index contributed by atoms with van der Waals surface area (Å²) in [7, 11) is 0. The van der Waals surface area contributed by atoms with E-state index in [1.54, 1.807) is 6.20 Å². The Morgan fingerprint density at radius 3 is 2.65 bits per heavy atom. The molecule has 0 spiro atoms. The number of imidazole rings is 1. The Bertz CT molecular complexity index is 534. The molecule has 4 nitrogen and oxygen atoms in total. The number of rotatable bonds is 2. The van der Waals surface area contributed by atoms with Gasteiger partial charge in [0.05, 0.1) is 11.9 Å². The SMILES string of the molecule is CCn1c(CC(C)(C)C)nc2cc(N)cnc21. The van der Waals surface area contributed by atoms with Crippen molar-refractivity contribution in [2.75, 3.05) is 5.73 Å². The largest absolute Gasteiger partial charge is 0.397 e. The molecule has 2 N–H and O–H groups in total. The maximum atomic E-state index is 5.74. The standard InChI is InChI=1S/C13H20N4/c1-5-17-11(7-13(2,3)4)16-10-6-9(14)8-15-12(10)17/h6,8H,5,7,14H2,1-4H3. The van der Waals surface area contributed by atoms with E-state index in [9.17, 15) is 0 Å². The molecule has 0 saturated carbocycles. The van der Waals surface area contributed by atoms with Crippen molar-refractivity contribution in [1.29, 1.82) is 0 Å². The fourth-order valence-electron chi connectivity index (χ4n) is 2.01. The molecule has 2 rings (SSSR count). The normalized spacial score (nSPS) is 12.2. The summed E-state index contributed by atoms with van der Waals surface area (Å²) < 4.78 is 2.17. The average molecular weight is 232 g/mol. The summed E-state index contributed by atoms with van der Waals surface area (Å²) in [6.45, 7) is 9.65. The first-order valence-corrected chi connectivity index (χ1v) is 6.01. The minimum Gasteiger partial charge on any atom is -0.397 e. The van der Waals surface area contributed by atoms with Gasteiger partial charge >= 0.3 is 0 Å². The van der Waals surface area contributed by atoms with Gasteiger partial charge < -0.3 is 10.3 Å². The second-order valence-electron chi connectivity index (χ2n) is 5.62. The van der Waals surface area contributed by atoms with Crippen molar-refractivity contribution in [3.63, 3.8) is 0 Å². The fraction of sp³-hybridized carbons (Fsp3) is 0.538. The van der Waals surface area contributed by atoms with Gasteiger partial charge in [0.15, 0.2) is 5.65 Å². The van der Waals surface area contributed by atoms with E-state index < -0.39 is 0 Å².